The van der Waals surface area contributed by atoms with E-state index < -0.39 is 7.32 Å². The van der Waals surface area contributed by atoms with Crippen LogP contribution >= 0.6 is 0 Å². The third-order valence-corrected chi connectivity index (χ3v) is 12.1. The summed E-state index contributed by atoms with van der Waals surface area (Å²) in [6, 6.07) is 0.220. The number of nitrogens with zero attached hydrogens (tertiary/aromatic N) is 2. The van der Waals surface area contributed by atoms with Crippen molar-refractivity contribution in [3.63, 3.8) is 0 Å². The standard InChI is InChI=1S/C26H54BNO5.C24H50BNO4/c1-4-7-10-11-12-13-14-15-16-17-18-28-25(21-30-19-8-5-2)23-32-27(29)33-24-26(28)22-31-20-9-6-3;1-4-7-8-9-10-11-12-13-14-15-16-26-19-23(21-27-17-5-2)29-25-30-24(20-26)22-28-18-6-3/h25-26,29H,4-24H2,1-3H3;23-25H,4-22H2,1-3H3. The Morgan fingerprint density at radius 1 is 0.444 bits per heavy atom. The Morgan fingerprint density at radius 2 is 0.810 bits per heavy atom. The van der Waals surface area contributed by atoms with Gasteiger partial charge in [0, 0.05) is 39.5 Å². The smallest absolute Gasteiger partial charge is 0.407 e. The second-order valence-corrected chi connectivity index (χ2v) is 18.3. The second-order valence-electron chi connectivity index (χ2n) is 18.3. The number of ether oxygens (including phenoxy) is 4. The van der Waals surface area contributed by atoms with Crippen LogP contribution in [-0.4, -0.2) is 146 Å². The summed E-state index contributed by atoms with van der Waals surface area (Å²) < 4.78 is 46.4. The molecule has 2 aliphatic rings. The molecular formula is C50H104B2N2O9. The van der Waals surface area contributed by atoms with Gasteiger partial charge in [-0.1, -0.05) is 170 Å². The van der Waals surface area contributed by atoms with Crippen LogP contribution in [0.5, 0.6) is 0 Å². The van der Waals surface area contributed by atoms with Gasteiger partial charge in [0.1, 0.15) is 0 Å². The van der Waals surface area contributed by atoms with E-state index >= 15 is 0 Å². The summed E-state index contributed by atoms with van der Waals surface area (Å²) in [5, 5.41) is 9.98. The molecule has 13 heteroatoms. The third kappa shape index (κ3) is 36.4. The van der Waals surface area contributed by atoms with E-state index in [9.17, 15) is 5.02 Å². The third-order valence-electron chi connectivity index (χ3n) is 12.1. The molecule has 1 N–H and O–H groups in total. The van der Waals surface area contributed by atoms with Crippen LogP contribution in [0.2, 0.25) is 0 Å². The van der Waals surface area contributed by atoms with Gasteiger partial charge in [0.2, 0.25) is 0 Å². The van der Waals surface area contributed by atoms with Gasteiger partial charge >= 0.3 is 15.0 Å². The second kappa shape index (κ2) is 46.8. The van der Waals surface area contributed by atoms with Crippen molar-refractivity contribution < 1.29 is 42.6 Å². The summed E-state index contributed by atoms with van der Waals surface area (Å²) in [7, 11) is -0.826. The summed E-state index contributed by atoms with van der Waals surface area (Å²) in [4.78, 5) is 4.97. The zero-order valence-corrected chi connectivity index (χ0v) is 42.5. The molecular weight excluding hydrogens is 794 g/mol. The van der Waals surface area contributed by atoms with E-state index in [1.54, 1.807) is 0 Å². The van der Waals surface area contributed by atoms with Crippen molar-refractivity contribution in [2.45, 2.75) is 233 Å². The number of unbranched alkanes of at least 4 members (excludes halogenated alkanes) is 20. The molecule has 0 amide bonds. The van der Waals surface area contributed by atoms with E-state index in [1.807, 2.05) is 0 Å². The van der Waals surface area contributed by atoms with Crippen molar-refractivity contribution in [3.05, 3.63) is 0 Å². The minimum absolute atomic E-state index is 0.0946. The van der Waals surface area contributed by atoms with Gasteiger partial charge in [0.15, 0.2) is 0 Å². The molecule has 4 atom stereocenters. The molecule has 63 heavy (non-hydrogen) atoms. The van der Waals surface area contributed by atoms with Crippen LogP contribution in [0.4, 0.5) is 0 Å². The number of hydrogen-bond acceptors (Lipinski definition) is 11. The molecule has 2 saturated heterocycles. The molecule has 0 aromatic carbocycles. The predicted octanol–water partition coefficient (Wildman–Crippen LogP) is 10.7. The molecule has 4 unspecified atom stereocenters. The molecule has 2 rings (SSSR count). The fourth-order valence-corrected chi connectivity index (χ4v) is 8.20. The molecule has 0 radical (unpaired) electrons. The maximum atomic E-state index is 9.98. The van der Waals surface area contributed by atoms with E-state index in [0.29, 0.717) is 47.3 Å². The molecule has 374 valence electrons. The van der Waals surface area contributed by atoms with E-state index in [4.69, 9.17) is 37.6 Å². The molecule has 2 aliphatic heterocycles. The SMILES string of the molecule is CCCCCCCCCCCCN1C(COCCCC)COB(O)OCC1COCCCC.CCCCCCCCCCCCN1CC(COCCC)OBOC(COCCC)C1. The number of hydrogen-bond donors (Lipinski definition) is 1. The lowest BCUT2D eigenvalue weighted by atomic mass is 10.1. The maximum Gasteiger partial charge on any atom is 0.636 e. The molecule has 2 heterocycles. The molecule has 2 fully saturated rings. The topological polar surface area (TPSA) is 101 Å². The Morgan fingerprint density at radius 3 is 1.21 bits per heavy atom. The van der Waals surface area contributed by atoms with Gasteiger partial charge < -0.3 is 42.6 Å². The Kier molecular flexibility index (Phi) is 45.1. The van der Waals surface area contributed by atoms with Gasteiger partial charge in [-0.2, -0.15) is 0 Å². The first-order chi connectivity index (χ1) is 31.0. The van der Waals surface area contributed by atoms with Crippen LogP contribution in [0.25, 0.3) is 0 Å². The first-order valence-electron chi connectivity index (χ1n) is 27.0. The van der Waals surface area contributed by atoms with E-state index in [1.165, 1.54) is 122 Å². The Hall–Kier alpha value is -0.310. The summed E-state index contributed by atoms with van der Waals surface area (Å²) in [5.41, 5.74) is 0. The zero-order chi connectivity index (χ0) is 45.7. The highest BCUT2D eigenvalue weighted by Gasteiger charge is 2.33. The molecule has 0 aliphatic carbocycles. The van der Waals surface area contributed by atoms with Crippen LogP contribution < -0.4 is 0 Å². The van der Waals surface area contributed by atoms with Crippen LogP contribution in [0.3, 0.4) is 0 Å². The first kappa shape index (κ1) is 60.7. The summed E-state index contributed by atoms with van der Waals surface area (Å²) in [6.45, 7) is 23.7. The average molecular weight is 899 g/mol. The van der Waals surface area contributed by atoms with Gasteiger partial charge in [-0.25, -0.2) is 0 Å². The minimum Gasteiger partial charge on any atom is -0.407 e. The van der Waals surface area contributed by atoms with Crippen molar-refractivity contribution in [2.75, 3.05) is 92.2 Å². The zero-order valence-electron chi connectivity index (χ0n) is 42.5. The molecule has 11 nitrogen and oxygen atoms in total. The summed E-state index contributed by atoms with van der Waals surface area (Å²) in [5.74, 6) is 0. The monoisotopic (exact) mass is 899 g/mol. The maximum absolute atomic E-state index is 9.98. The first-order valence-corrected chi connectivity index (χ1v) is 27.0. The quantitative estimate of drug-likeness (QED) is 0.0470. The molecule has 0 bridgehead atoms. The Bertz CT molecular complexity index is 876. The van der Waals surface area contributed by atoms with Gasteiger partial charge in [-0.05, 0) is 51.6 Å². The lowest BCUT2D eigenvalue weighted by Crippen LogP contribution is -2.55. The molecule has 0 aromatic rings. The lowest BCUT2D eigenvalue weighted by Gasteiger charge is -2.39. The average Bonchev–Trinajstić information content (AvgIpc) is 3.27. The van der Waals surface area contributed by atoms with Gasteiger partial charge in [0.05, 0.1) is 63.9 Å². The van der Waals surface area contributed by atoms with Gasteiger partial charge in [0.25, 0.3) is 0 Å². The Balaban J connectivity index is 0.000000633. The lowest BCUT2D eigenvalue weighted by molar-refractivity contribution is -0.0548. The normalized spacial score (nSPS) is 20.4. The molecule has 0 saturated carbocycles. The fraction of sp³-hybridized carbons (Fsp3) is 1.00. The largest absolute Gasteiger partial charge is 0.636 e. The van der Waals surface area contributed by atoms with E-state index in [0.717, 1.165) is 97.6 Å². The van der Waals surface area contributed by atoms with Crippen LogP contribution in [-0.2, 0) is 37.6 Å². The van der Waals surface area contributed by atoms with Crippen molar-refractivity contribution in [1.82, 2.24) is 9.80 Å². The van der Waals surface area contributed by atoms with Crippen LogP contribution in [0.1, 0.15) is 208 Å². The van der Waals surface area contributed by atoms with Crippen molar-refractivity contribution in [3.8, 4) is 0 Å². The molecule has 0 spiro atoms. The highest BCUT2D eigenvalue weighted by molar-refractivity contribution is 6.34. The van der Waals surface area contributed by atoms with Gasteiger partial charge in [-0.15, -0.1) is 0 Å². The Labute approximate surface area is 391 Å². The fourth-order valence-electron chi connectivity index (χ4n) is 8.20. The van der Waals surface area contributed by atoms with Gasteiger partial charge in [-0.3, -0.25) is 9.80 Å². The van der Waals surface area contributed by atoms with E-state index in [-0.39, 0.29) is 24.3 Å². The van der Waals surface area contributed by atoms with Crippen LogP contribution in [0, 0.1) is 0 Å². The predicted molar refractivity (Wildman–Crippen MR) is 265 cm³/mol. The van der Waals surface area contributed by atoms with Crippen molar-refractivity contribution in [1.29, 1.82) is 0 Å². The van der Waals surface area contributed by atoms with Crippen LogP contribution in [0.15, 0.2) is 0 Å². The van der Waals surface area contributed by atoms with E-state index in [2.05, 4.69) is 51.3 Å². The summed E-state index contributed by atoms with van der Waals surface area (Å²) >= 11 is 0. The van der Waals surface area contributed by atoms with Crippen molar-refractivity contribution >= 4 is 15.0 Å². The van der Waals surface area contributed by atoms with Crippen molar-refractivity contribution in [2.24, 2.45) is 0 Å². The summed E-state index contributed by atoms with van der Waals surface area (Å²) in [6.07, 6.45) is 33.7. The molecule has 0 aromatic heterocycles. The number of rotatable bonds is 40. The highest BCUT2D eigenvalue weighted by Crippen LogP contribution is 2.18. The minimum atomic E-state index is -1.17. The highest BCUT2D eigenvalue weighted by atomic mass is 16.7.